The number of benzene rings is 1. The summed E-state index contributed by atoms with van der Waals surface area (Å²) in [5.74, 6) is 0.618. The molecule has 3 N–H and O–H groups in total. The zero-order valence-electron chi connectivity index (χ0n) is 15.7. The maximum Gasteiger partial charge on any atom is 0.240 e. The van der Waals surface area contributed by atoms with Gasteiger partial charge in [0.1, 0.15) is 5.01 Å². The van der Waals surface area contributed by atoms with Crippen LogP contribution in [0.4, 0.5) is 0 Å². The Labute approximate surface area is 192 Å². The van der Waals surface area contributed by atoms with Crippen LogP contribution in [0.15, 0.2) is 40.4 Å². The molecule has 0 radical (unpaired) electrons. The third-order valence-corrected chi connectivity index (χ3v) is 6.30. The molecule has 0 amide bonds. The van der Waals surface area contributed by atoms with Crippen LogP contribution in [0.1, 0.15) is 23.7 Å². The number of hydrogen-bond acceptors (Lipinski definition) is 5. The third kappa shape index (κ3) is 8.19. The van der Waals surface area contributed by atoms with Crippen molar-refractivity contribution in [1.29, 1.82) is 0 Å². The first-order valence-electron chi connectivity index (χ1n) is 8.65. The molecule has 0 fully saturated rings. The summed E-state index contributed by atoms with van der Waals surface area (Å²) in [7, 11) is -3.59. The molecule has 1 aromatic heterocycles. The third-order valence-electron chi connectivity index (χ3n) is 3.48. The van der Waals surface area contributed by atoms with Crippen molar-refractivity contribution in [3.05, 3.63) is 45.4 Å². The van der Waals surface area contributed by atoms with Gasteiger partial charge in [-0.3, -0.25) is 0 Å². The lowest BCUT2D eigenvalue weighted by atomic mass is 10.4. The van der Waals surface area contributed by atoms with Gasteiger partial charge in [-0.25, -0.2) is 23.1 Å². The number of aliphatic imine (C=N–C) groups is 1. The highest BCUT2D eigenvalue weighted by Gasteiger charge is 2.13. The molecule has 0 atom stereocenters. The molecule has 156 valence electrons. The van der Waals surface area contributed by atoms with Crippen LogP contribution in [0, 0.1) is 0 Å². The summed E-state index contributed by atoms with van der Waals surface area (Å²) in [6.07, 6.45) is 2.84. The van der Waals surface area contributed by atoms with Crippen molar-refractivity contribution in [3.8, 4) is 0 Å². The molecule has 2 rings (SSSR count). The summed E-state index contributed by atoms with van der Waals surface area (Å²) in [5, 5.41) is 7.57. The summed E-state index contributed by atoms with van der Waals surface area (Å²) >= 11 is 7.50. The maximum atomic E-state index is 12.2. The Balaban J connectivity index is 0.00000392. The molecule has 0 unspecified atom stereocenters. The number of aryl methyl sites for hydroxylation is 1. The molecule has 0 saturated carbocycles. The van der Waals surface area contributed by atoms with E-state index in [0.29, 0.717) is 30.6 Å². The molecule has 11 heteroatoms. The van der Waals surface area contributed by atoms with E-state index in [1.807, 2.05) is 13.1 Å². The summed E-state index contributed by atoms with van der Waals surface area (Å²) in [6.45, 7) is 5.86. The highest BCUT2D eigenvalue weighted by Crippen LogP contribution is 2.15. The molecule has 0 bridgehead atoms. The molecule has 0 aliphatic rings. The van der Waals surface area contributed by atoms with E-state index in [2.05, 4.69) is 32.3 Å². The van der Waals surface area contributed by atoms with Gasteiger partial charge in [0, 0.05) is 35.7 Å². The first-order chi connectivity index (χ1) is 12.9. The Morgan fingerprint density at radius 2 is 2.04 bits per heavy atom. The second-order valence-electron chi connectivity index (χ2n) is 5.55. The minimum absolute atomic E-state index is 0. The SMILES string of the molecule is CCNC(=NCc1ncc(CC)s1)NCCNS(=O)(=O)c1cccc(Cl)c1.I. The topological polar surface area (TPSA) is 95.5 Å². The van der Waals surface area contributed by atoms with E-state index in [4.69, 9.17) is 11.6 Å². The van der Waals surface area contributed by atoms with Crippen molar-refractivity contribution in [2.75, 3.05) is 19.6 Å². The number of halogens is 2. The lowest BCUT2D eigenvalue weighted by molar-refractivity contribution is 0.580. The molecule has 0 saturated heterocycles. The van der Waals surface area contributed by atoms with E-state index >= 15 is 0 Å². The van der Waals surface area contributed by atoms with Crippen molar-refractivity contribution >= 4 is 62.9 Å². The summed E-state index contributed by atoms with van der Waals surface area (Å²) < 4.78 is 27.0. The van der Waals surface area contributed by atoms with Gasteiger partial charge in [-0.1, -0.05) is 24.6 Å². The van der Waals surface area contributed by atoms with E-state index in [9.17, 15) is 8.42 Å². The van der Waals surface area contributed by atoms with Crippen molar-refractivity contribution in [3.63, 3.8) is 0 Å². The van der Waals surface area contributed by atoms with Crippen LogP contribution in [0.25, 0.3) is 0 Å². The number of nitrogens with zero attached hydrogens (tertiary/aromatic N) is 2. The van der Waals surface area contributed by atoms with Gasteiger partial charge in [-0.2, -0.15) is 0 Å². The summed E-state index contributed by atoms with van der Waals surface area (Å²) in [6, 6.07) is 6.16. The van der Waals surface area contributed by atoms with Crippen LogP contribution in [-0.2, 0) is 23.0 Å². The predicted molar refractivity (Wildman–Crippen MR) is 126 cm³/mol. The number of thiazole rings is 1. The average Bonchev–Trinajstić information content (AvgIpc) is 3.11. The van der Waals surface area contributed by atoms with Crippen molar-refractivity contribution < 1.29 is 8.42 Å². The highest BCUT2D eigenvalue weighted by molar-refractivity contribution is 14.0. The van der Waals surface area contributed by atoms with E-state index in [1.165, 1.54) is 17.0 Å². The molecule has 0 aliphatic heterocycles. The number of hydrogen-bond donors (Lipinski definition) is 3. The van der Waals surface area contributed by atoms with E-state index in [1.54, 1.807) is 23.5 Å². The highest BCUT2D eigenvalue weighted by atomic mass is 127. The number of aromatic nitrogens is 1. The van der Waals surface area contributed by atoms with Crippen LogP contribution in [0.3, 0.4) is 0 Å². The largest absolute Gasteiger partial charge is 0.357 e. The number of nitrogens with one attached hydrogen (secondary N) is 3. The fourth-order valence-corrected chi connectivity index (χ4v) is 4.28. The van der Waals surface area contributed by atoms with Crippen LogP contribution >= 0.6 is 46.9 Å². The van der Waals surface area contributed by atoms with Gasteiger partial charge in [0.05, 0.1) is 11.4 Å². The van der Waals surface area contributed by atoms with Crippen LogP contribution in [0.5, 0.6) is 0 Å². The maximum absolute atomic E-state index is 12.2. The van der Waals surface area contributed by atoms with E-state index in [0.717, 1.165) is 11.4 Å². The van der Waals surface area contributed by atoms with Gasteiger partial charge in [0.25, 0.3) is 0 Å². The predicted octanol–water partition coefficient (Wildman–Crippen LogP) is 3.01. The molecule has 28 heavy (non-hydrogen) atoms. The minimum atomic E-state index is -3.59. The second kappa shape index (κ2) is 12.6. The van der Waals surface area contributed by atoms with Gasteiger partial charge in [0.15, 0.2) is 5.96 Å². The smallest absolute Gasteiger partial charge is 0.240 e. The molecule has 1 aromatic carbocycles. The molecule has 0 spiro atoms. The zero-order valence-corrected chi connectivity index (χ0v) is 20.5. The normalized spacial score (nSPS) is 11.8. The van der Waals surface area contributed by atoms with Crippen molar-refractivity contribution in [2.45, 2.75) is 31.7 Å². The Morgan fingerprint density at radius 3 is 2.68 bits per heavy atom. The first kappa shape index (κ1) is 25.1. The average molecular weight is 558 g/mol. The molecule has 7 nitrogen and oxygen atoms in total. The number of guanidine groups is 1. The minimum Gasteiger partial charge on any atom is -0.357 e. The molecule has 1 heterocycles. The monoisotopic (exact) mass is 557 g/mol. The van der Waals surface area contributed by atoms with E-state index < -0.39 is 10.0 Å². The standard InChI is InChI=1S/C17H24ClN5O2S2.HI/c1-3-14-11-21-16(26-14)12-22-17(19-4-2)20-8-9-23-27(24,25)15-7-5-6-13(18)10-15;/h5-7,10-11,23H,3-4,8-9,12H2,1-2H3,(H2,19,20,22);1H. The molecular formula is C17H25ClIN5O2S2. The van der Waals surface area contributed by atoms with E-state index in [-0.39, 0.29) is 35.4 Å². The zero-order chi connectivity index (χ0) is 19.7. The first-order valence-corrected chi connectivity index (χ1v) is 11.3. The molecule has 0 aliphatic carbocycles. The van der Waals surface area contributed by atoms with Crippen molar-refractivity contribution in [2.24, 2.45) is 4.99 Å². The Bertz CT molecular complexity index is 874. The van der Waals surface area contributed by atoms with Gasteiger partial charge < -0.3 is 10.6 Å². The molecular weight excluding hydrogens is 533 g/mol. The van der Waals surface area contributed by atoms with Crippen LogP contribution in [0.2, 0.25) is 5.02 Å². The number of sulfonamides is 1. The Kier molecular flexibility index (Phi) is 11.3. The quantitative estimate of drug-likeness (QED) is 0.191. The van der Waals surface area contributed by atoms with Gasteiger partial charge in [-0.15, -0.1) is 35.3 Å². The van der Waals surface area contributed by atoms with Gasteiger partial charge in [0.2, 0.25) is 10.0 Å². The fourth-order valence-electron chi connectivity index (χ4n) is 2.16. The molecule has 2 aromatic rings. The second-order valence-corrected chi connectivity index (χ2v) is 8.95. The Morgan fingerprint density at radius 1 is 1.25 bits per heavy atom. The lowest BCUT2D eigenvalue weighted by Gasteiger charge is -2.12. The van der Waals surface area contributed by atoms with Gasteiger partial charge in [-0.05, 0) is 31.5 Å². The van der Waals surface area contributed by atoms with Crippen LogP contribution < -0.4 is 15.4 Å². The van der Waals surface area contributed by atoms with Gasteiger partial charge >= 0.3 is 0 Å². The van der Waals surface area contributed by atoms with Crippen molar-refractivity contribution in [1.82, 2.24) is 20.3 Å². The van der Waals surface area contributed by atoms with Crippen LogP contribution in [-0.4, -0.2) is 39.0 Å². The number of rotatable bonds is 9. The Hall–Kier alpha value is -0.950. The summed E-state index contributed by atoms with van der Waals surface area (Å²) in [4.78, 5) is 10.2. The fraction of sp³-hybridized carbons (Fsp3) is 0.412. The summed E-state index contributed by atoms with van der Waals surface area (Å²) in [5.41, 5.74) is 0. The lowest BCUT2D eigenvalue weighted by Crippen LogP contribution is -2.41.